The number of hydrogen-bond donors (Lipinski definition) is 2. The van der Waals surface area contributed by atoms with Crippen LogP contribution in [0, 0.1) is 3.57 Å². The molecule has 1 heterocycles. The number of halogens is 1. The Morgan fingerprint density at radius 3 is 3.07 bits per heavy atom. The number of nitrogens with one attached hydrogen (secondary N) is 1. The van der Waals surface area contributed by atoms with Gasteiger partial charge in [0.25, 0.3) is 0 Å². The van der Waals surface area contributed by atoms with Crippen molar-refractivity contribution in [2.45, 2.75) is 18.5 Å². The first-order valence-electron chi connectivity index (χ1n) is 4.96. The van der Waals surface area contributed by atoms with Crippen LogP contribution >= 0.6 is 22.6 Å². The smallest absolute Gasteiger partial charge is 0.135 e. The lowest BCUT2D eigenvalue weighted by Gasteiger charge is -2.25. The molecule has 0 fully saturated rings. The molecule has 80 valence electrons. The molecule has 4 heteroatoms. The molecule has 0 amide bonds. The zero-order valence-corrected chi connectivity index (χ0v) is 10.6. The van der Waals surface area contributed by atoms with E-state index in [-0.39, 0.29) is 0 Å². The number of benzene rings is 1. The highest BCUT2D eigenvalue weighted by molar-refractivity contribution is 14.1. The molecule has 3 N–H and O–H groups in total. The molecule has 0 saturated carbocycles. The van der Waals surface area contributed by atoms with Crippen molar-refractivity contribution in [2.75, 3.05) is 11.9 Å². The van der Waals surface area contributed by atoms with Gasteiger partial charge in [-0.1, -0.05) is 0 Å². The quantitative estimate of drug-likeness (QED) is 0.617. The third kappa shape index (κ3) is 2.01. The SMILES string of the molecule is C=NC1(N)CCCNc2ccc(I)cc21. The maximum atomic E-state index is 6.27. The number of fused-ring (bicyclic) bond motifs is 1. The highest BCUT2D eigenvalue weighted by Gasteiger charge is 2.29. The Balaban J connectivity index is 2.56. The van der Waals surface area contributed by atoms with Crippen LogP contribution in [0.1, 0.15) is 18.4 Å². The summed E-state index contributed by atoms with van der Waals surface area (Å²) in [7, 11) is 0. The molecule has 15 heavy (non-hydrogen) atoms. The van der Waals surface area contributed by atoms with Gasteiger partial charge in [0.05, 0.1) is 0 Å². The second-order valence-electron chi connectivity index (χ2n) is 3.80. The molecule has 0 aliphatic carbocycles. The molecule has 3 nitrogen and oxygen atoms in total. The average molecular weight is 315 g/mol. The predicted molar refractivity (Wildman–Crippen MR) is 72.3 cm³/mol. The second-order valence-corrected chi connectivity index (χ2v) is 5.05. The minimum atomic E-state index is -0.625. The molecule has 0 spiro atoms. The average Bonchev–Trinajstić information content (AvgIpc) is 2.40. The Hall–Kier alpha value is -0.620. The third-order valence-electron chi connectivity index (χ3n) is 2.78. The van der Waals surface area contributed by atoms with Gasteiger partial charge in [0.1, 0.15) is 5.66 Å². The molecule has 1 aromatic carbocycles. The number of rotatable bonds is 1. The maximum absolute atomic E-state index is 6.27. The van der Waals surface area contributed by atoms with Crippen molar-refractivity contribution in [3.63, 3.8) is 0 Å². The molecular weight excluding hydrogens is 301 g/mol. The van der Waals surface area contributed by atoms with Crippen LogP contribution in [0.3, 0.4) is 0 Å². The topological polar surface area (TPSA) is 50.4 Å². The van der Waals surface area contributed by atoms with E-state index < -0.39 is 5.66 Å². The molecule has 0 bridgehead atoms. The van der Waals surface area contributed by atoms with Crippen LogP contribution in [0.5, 0.6) is 0 Å². The number of nitrogens with zero attached hydrogens (tertiary/aromatic N) is 1. The van der Waals surface area contributed by atoms with E-state index in [0.29, 0.717) is 0 Å². The van der Waals surface area contributed by atoms with Gasteiger partial charge in [-0.15, -0.1) is 0 Å². The van der Waals surface area contributed by atoms with E-state index in [4.69, 9.17) is 5.73 Å². The van der Waals surface area contributed by atoms with E-state index in [1.54, 1.807) is 0 Å². The molecule has 2 rings (SSSR count). The van der Waals surface area contributed by atoms with Gasteiger partial charge in [-0.25, -0.2) is 0 Å². The van der Waals surface area contributed by atoms with Gasteiger partial charge in [-0.2, -0.15) is 0 Å². The summed E-state index contributed by atoms with van der Waals surface area (Å²) in [4.78, 5) is 4.11. The van der Waals surface area contributed by atoms with Crippen LogP contribution in [0.15, 0.2) is 23.2 Å². The Kier molecular flexibility index (Phi) is 2.97. The summed E-state index contributed by atoms with van der Waals surface area (Å²) in [5, 5.41) is 3.37. The van der Waals surface area contributed by atoms with Crippen LogP contribution in [0.2, 0.25) is 0 Å². The zero-order chi connectivity index (χ0) is 10.9. The number of aliphatic imine (C=N–C) groups is 1. The van der Waals surface area contributed by atoms with Crippen LogP contribution in [-0.4, -0.2) is 13.3 Å². The van der Waals surface area contributed by atoms with Crippen molar-refractivity contribution in [2.24, 2.45) is 10.7 Å². The summed E-state index contributed by atoms with van der Waals surface area (Å²) >= 11 is 2.29. The van der Waals surface area contributed by atoms with Crippen molar-refractivity contribution in [1.29, 1.82) is 0 Å². The van der Waals surface area contributed by atoms with Gasteiger partial charge in [-0.05, 0) is 60.3 Å². The summed E-state index contributed by atoms with van der Waals surface area (Å²) in [6.45, 7) is 4.57. The minimum absolute atomic E-state index is 0.625. The first-order valence-corrected chi connectivity index (χ1v) is 6.04. The Morgan fingerprint density at radius 1 is 1.53 bits per heavy atom. The highest BCUT2D eigenvalue weighted by Crippen LogP contribution is 2.34. The fraction of sp³-hybridized carbons (Fsp3) is 0.364. The van der Waals surface area contributed by atoms with Crippen LogP contribution in [-0.2, 0) is 5.66 Å². The van der Waals surface area contributed by atoms with E-state index in [1.165, 1.54) is 3.57 Å². The van der Waals surface area contributed by atoms with E-state index >= 15 is 0 Å². The zero-order valence-electron chi connectivity index (χ0n) is 8.46. The molecule has 1 unspecified atom stereocenters. The van der Waals surface area contributed by atoms with Crippen LogP contribution in [0.25, 0.3) is 0 Å². The third-order valence-corrected chi connectivity index (χ3v) is 3.45. The van der Waals surface area contributed by atoms with Gasteiger partial charge in [0, 0.05) is 21.4 Å². The van der Waals surface area contributed by atoms with Crippen LogP contribution < -0.4 is 11.1 Å². The lowest BCUT2D eigenvalue weighted by atomic mass is 9.96. The van der Waals surface area contributed by atoms with E-state index in [9.17, 15) is 0 Å². The molecule has 1 aliphatic rings. The molecule has 0 radical (unpaired) electrons. The molecule has 0 aromatic heterocycles. The van der Waals surface area contributed by atoms with E-state index in [0.717, 1.165) is 30.6 Å². The van der Waals surface area contributed by atoms with Gasteiger partial charge >= 0.3 is 0 Å². The van der Waals surface area contributed by atoms with Gasteiger partial charge in [0.15, 0.2) is 0 Å². The molecular formula is C11H14IN3. The minimum Gasteiger partial charge on any atom is -0.385 e. The maximum Gasteiger partial charge on any atom is 0.135 e. The standard InChI is InChI=1S/C11H14IN3/c1-14-11(13)5-2-6-15-10-4-3-8(12)7-9(10)11/h3-4,7,15H,1-2,5-6,13H2. The number of anilines is 1. The summed E-state index contributed by atoms with van der Waals surface area (Å²) < 4.78 is 1.17. The largest absolute Gasteiger partial charge is 0.385 e. The predicted octanol–water partition coefficient (Wildman–Crippen LogP) is 2.31. The summed E-state index contributed by atoms with van der Waals surface area (Å²) in [6, 6.07) is 6.22. The Morgan fingerprint density at radius 2 is 2.33 bits per heavy atom. The van der Waals surface area contributed by atoms with Crippen molar-refractivity contribution in [3.8, 4) is 0 Å². The van der Waals surface area contributed by atoms with E-state index in [1.807, 2.05) is 0 Å². The fourth-order valence-electron chi connectivity index (χ4n) is 1.91. The fourth-order valence-corrected chi connectivity index (χ4v) is 2.40. The lowest BCUT2D eigenvalue weighted by molar-refractivity contribution is 0.432. The molecule has 1 atom stereocenters. The first kappa shape index (κ1) is 10.9. The molecule has 1 aromatic rings. The summed E-state index contributed by atoms with van der Waals surface area (Å²) in [5.41, 5.74) is 7.78. The highest BCUT2D eigenvalue weighted by atomic mass is 127. The Bertz CT molecular complexity index is 391. The monoisotopic (exact) mass is 315 g/mol. The number of hydrogen-bond acceptors (Lipinski definition) is 3. The lowest BCUT2D eigenvalue weighted by Crippen LogP contribution is -2.34. The Labute approximate surface area is 103 Å². The van der Waals surface area contributed by atoms with Gasteiger partial charge in [0.2, 0.25) is 0 Å². The van der Waals surface area contributed by atoms with Crippen molar-refractivity contribution < 1.29 is 0 Å². The van der Waals surface area contributed by atoms with Crippen molar-refractivity contribution in [3.05, 3.63) is 27.3 Å². The van der Waals surface area contributed by atoms with Crippen LogP contribution in [0.4, 0.5) is 5.69 Å². The second kappa shape index (κ2) is 4.09. The summed E-state index contributed by atoms with van der Waals surface area (Å²) in [6.07, 6.45) is 1.86. The first-order chi connectivity index (χ1) is 7.15. The molecule has 1 aliphatic heterocycles. The van der Waals surface area contributed by atoms with Gasteiger partial charge in [-0.3, -0.25) is 4.99 Å². The van der Waals surface area contributed by atoms with Crippen molar-refractivity contribution >= 4 is 35.0 Å². The van der Waals surface area contributed by atoms with Gasteiger partial charge < -0.3 is 11.1 Å². The number of nitrogens with two attached hydrogens (primary N) is 1. The summed E-state index contributed by atoms with van der Waals surface area (Å²) in [5.74, 6) is 0. The normalized spacial score (nSPS) is 24.9. The molecule has 0 saturated heterocycles. The van der Waals surface area contributed by atoms with E-state index in [2.05, 4.69) is 57.8 Å². The van der Waals surface area contributed by atoms with Crippen molar-refractivity contribution in [1.82, 2.24) is 0 Å².